The number of ether oxygens (including phenoxy) is 1. The summed E-state index contributed by atoms with van der Waals surface area (Å²) in [6.45, 7) is 3.58. The lowest BCUT2D eigenvalue weighted by molar-refractivity contribution is 0.175. The van der Waals surface area contributed by atoms with Crippen molar-refractivity contribution in [1.82, 2.24) is 0 Å². The van der Waals surface area contributed by atoms with E-state index in [1.165, 1.54) is 0 Å². The number of nitrogens with zero attached hydrogens (tertiary/aromatic N) is 1. The molecular weight excluding hydrogens is 102 g/mol. The van der Waals surface area contributed by atoms with Crippen LogP contribution in [0.4, 0.5) is 0 Å². The van der Waals surface area contributed by atoms with Crippen molar-refractivity contribution in [2.75, 3.05) is 20.3 Å². The molecular formula is C6H13NO. The van der Waals surface area contributed by atoms with E-state index in [4.69, 9.17) is 4.74 Å². The third-order valence-electron chi connectivity index (χ3n) is 0.723. The van der Waals surface area contributed by atoms with Crippen LogP contribution in [0.15, 0.2) is 4.99 Å². The van der Waals surface area contributed by atoms with Crippen molar-refractivity contribution >= 4 is 6.21 Å². The molecule has 0 aliphatic carbocycles. The van der Waals surface area contributed by atoms with Crippen LogP contribution in [0.1, 0.15) is 13.3 Å². The molecule has 0 aromatic heterocycles. The zero-order valence-electron chi connectivity index (χ0n) is 5.55. The lowest BCUT2D eigenvalue weighted by Gasteiger charge is -1.93. The minimum atomic E-state index is 0.657. The van der Waals surface area contributed by atoms with E-state index in [0.717, 1.165) is 13.0 Å². The molecule has 0 aliphatic heterocycles. The van der Waals surface area contributed by atoms with Crippen LogP contribution in [-0.2, 0) is 4.74 Å². The topological polar surface area (TPSA) is 21.6 Å². The van der Waals surface area contributed by atoms with Crippen molar-refractivity contribution in [2.45, 2.75) is 13.3 Å². The van der Waals surface area contributed by atoms with E-state index >= 15 is 0 Å². The Hall–Kier alpha value is -0.370. The Labute approximate surface area is 50.6 Å². The highest BCUT2D eigenvalue weighted by Gasteiger charge is 1.76. The molecule has 2 heteroatoms. The van der Waals surface area contributed by atoms with Crippen LogP contribution in [0.2, 0.25) is 0 Å². The predicted molar refractivity (Wildman–Crippen MR) is 35.5 cm³/mol. The predicted octanol–water partition coefficient (Wildman–Crippen LogP) is 1.11. The highest BCUT2D eigenvalue weighted by Crippen LogP contribution is 1.76. The van der Waals surface area contributed by atoms with Gasteiger partial charge in [0.05, 0.1) is 6.61 Å². The fourth-order valence-corrected chi connectivity index (χ4v) is 0.355. The molecule has 0 saturated heterocycles. The van der Waals surface area contributed by atoms with Gasteiger partial charge in [0.25, 0.3) is 0 Å². The van der Waals surface area contributed by atoms with E-state index in [1.54, 1.807) is 13.3 Å². The number of hydrogen-bond acceptors (Lipinski definition) is 2. The van der Waals surface area contributed by atoms with Crippen molar-refractivity contribution < 1.29 is 4.74 Å². The molecule has 2 nitrogen and oxygen atoms in total. The summed E-state index contributed by atoms with van der Waals surface area (Å²) in [6, 6.07) is 0. The van der Waals surface area contributed by atoms with Crippen molar-refractivity contribution in [3.8, 4) is 0 Å². The van der Waals surface area contributed by atoms with Gasteiger partial charge in [0, 0.05) is 19.9 Å². The van der Waals surface area contributed by atoms with Gasteiger partial charge in [0.15, 0.2) is 0 Å². The largest absolute Gasteiger partial charge is 0.376 e. The average Bonchev–Trinajstić information content (AvgIpc) is 1.81. The Morgan fingerprint density at radius 3 is 2.88 bits per heavy atom. The maximum absolute atomic E-state index is 5.07. The summed E-state index contributed by atoms with van der Waals surface area (Å²) in [5.41, 5.74) is 0. The fourth-order valence-electron chi connectivity index (χ4n) is 0.355. The molecule has 0 unspecified atom stereocenters. The molecule has 0 aromatic rings. The van der Waals surface area contributed by atoms with Crippen LogP contribution < -0.4 is 0 Å². The number of hydrogen-bond donors (Lipinski definition) is 0. The molecule has 0 radical (unpaired) electrons. The van der Waals surface area contributed by atoms with Gasteiger partial charge in [-0.3, -0.25) is 4.99 Å². The SMILES string of the molecule is CCCOC/C=N/C. The Bertz CT molecular complexity index is 61.5. The first kappa shape index (κ1) is 7.63. The Morgan fingerprint density at radius 2 is 2.38 bits per heavy atom. The summed E-state index contributed by atoms with van der Waals surface area (Å²) in [5, 5.41) is 0. The fraction of sp³-hybridized carbons (Fsp3) is 0.833. The number of aliphatic imine (C=N–C) groups is 1. The molecule has 0 amide bonds. The zero-order valence-corrected chi connectivity index (χ0v) is 5.55. The third kappa shape index (κ3) is 5.63. The highest BCUT2D eigenvalue weighted by molar-refractivity contribution is 5.57. The molecule has 0 aliphatic rings. The van der Waals surface area contributed by atoms with Gasteiger partial charge in [-0.1, -0.05) is 6.92 Å². The lowest BCUT2D eigenvalue weighted by Crippen LogP contribution is -1.95. The van der Waals surface area contributed by atoms with E-state index < -0.39 is 0 Å². The molecule has 8 heavy (non-hydrogen) atoms. The van der Waals surface area contributed by atoms with Crippen molar-refractivity contribution in [1.29, 1.82) is 0 Å². The second-order valence-corrected chi connectivity index (χ2v) is 1.52. The van der Waals surface area contributed by atoms with E-state index in [9.17, 15) is 0 Å². The molecule has 0 atom stereocenters. The van der Waals surface area contributed by atoms with Gasteiger partial charge in [-0.25, -0.2) is 0 Å². The van der Waals surface area contributed by atoms with Crippen LogP contribution in [0, 0.1) is 0 Å². The van der Waals surface area contributed by atoms with Gasteiger partial charge >= 0.3 is 0 Å². The second kappa shape index (κ2) is 6.63. The Kier molecular flexibility index (Phi) is 6.32. The first-order valence-corrected chi connectivity index (χ1v) is 2.90. The molecule has 0 rings (SSSR count). The van der Waals surface area contributed by atoms with Crippen LogP contribution in [0.3, 0.4) is 0 Å². The van der Waals surface area contributed by atoms with Gasteiger partial charge in [0.2, 0.25) is 0 Å². The smallest absolute Gasteiger partial charge is 0.0814 e. The van der Waals surface area contributed by atoms with Crippen molar-refractivity contribution in [2.24, 2.45) is 4.99 Å². The van der Waals surface area contributed by atoms with Crippen LogP contribution >= 0.6 is 0 Å². The number of rotatable bonds is 4. The summed E-state index contributed by atoms with van der Waals surface area (Å²) >= 11 is 0. The maximum Gasteiger partial charge on any atom is 0.0814 e. The quantitative estimate of drug-likeness (QED) is 0.397. The first-order valence-electron chi connectivity index (χ1n) is 2.90. The summed E-state index contributed by atoms with van der Waals surface area (Å²) in [4.78, 5) is 3.76. The molecule has 0 heterocycles. The molecule has 0 bridgehead atoms. The highest BCUT2D eigenvalue weighted by atomic mass is 16.5. The van der Waals surface area contributed by atoms with E-state index in [1.807, 2.05) is 0 Å². The minimum absolute atomic E-state index is 0.657. The van der Waals surface area contributed by atoms with Crippen LogP contribution in [0.25, 0.3) is 0 Å². The second-order valence-electron chi connectivity index (χ2n) is 1.52. The normalized spacial score (nSPS) is 10.8. The van der Waals surface area contributed by atoms with Crippen molar-refractivity contribution in [3.63, 3.8) is 0 Å². The van der Waals surface area contributed by atoms with Crippen LogP contribution in [-0.4, -0.2) is 26.5 Å². The van der Waals surface area contributed by atoms with Gasteiger partial charge in [0.1, 0.15) is 0 Å². The lowest BCUT2D eigenvalue weighted by atomic mass is 10.5. The molecule has 0 fully saturated rings. The average molecular weight is 115 g/mol. The van der Waals surface area contributed by atoms with Gasteiger partial charge < -0.3 is 4.74 Å². The summed E-state index contributed by atoms with van der Waals surface area (Å²) in [5.74, 6) is 0. The molecule has 0 saturated carbocycles. The summed E-state index contributed by atoms with van der Waals surface area (Å²) < 4.78 is 5.07. The molecule has 0 aromatic carbocycles. The maximum atomic E-state index is 5.07. The standard InChI is InChI=1S/C6H13NO/c1-3-5-8-6-4-7-2/h4H,3,5-6H2,1-2H3/b7-4+. The van der Waals surface area contributed by atoms with E-state index in [-0.39, 0.29) is 0 Å². The van der Waals surface area contributed by atoms with Gasteiger partial charge in [-0.05, 0) is 6.42 Å². The summed E-state index contributed by atoms with van der Waals surface area (Å²) in [6.07, 6.45) is 2.84. The van der Waals surface area contributed by atoms with Crippen molar-refractivity contribution in [3.05, 3.63) is 0 Å². The van der Waals surface area contributed by atoms with Crippen LogP contribution in [0.5, 0.6) is 0 Å². The Morgan fingerprint density at radius 1 is 1.62 bits per heavy atom. The Balaban J connectivity index is 2.72. The molecule has 0 N–H and O–H groups in total. The monoisotopic (exact) mass is 115 g/mol. The zero-order chi connectivity index (χ0) is 6.24. The van der Waals surface area contributed by atoms with Gasteiger partial charge in [-0.15, -0.1) is 0 Å². The molecule has 48 valence electrons. The third-order valence-corrected chi connectivity index (χ3v) is 0.723. The van der Waals surface area contributed by atoms with E-state index in [0.29, 0.717) is 6.61 Å². The first-order chi connectivity index (χ1) is 3.91. The van der Waals surface area contributed by atoms with Gasteiger partial charge in [-0.2, -0.15) is 0 Å². The minimum Gasteiger partial charge on any atom is -0.376 e. The molecule has 0 spiro atoms. The summed E-state index contributed by atoms with van der Waals surface area (Å²) in [7, 11) is 1.75. The van der Waals surface area contributed by atoms with E-state index in [2.05, 4.69) is 11.9 Å².